The summed E-state index contributed by atoms with van der Waals surface area (Å²) in [7, 11) is 0. The summed E-state index contributed by atoms with van der Waals surface area (Å²) in [4.78, 5) is 15.4. The molecule has 0 aliphatic carbocycles. The monoisotopic (exact) mass is 465 g/mol. The van der Waals surface area contributed by atoms with E-state index < -0.39 is 0 Å². The molecule has 0 spiro atoms. The first-order valence-electron chi connectivity index (χ1n) is 12.8. The van der Waals surface area contributed by atoms with Gasteiger partial charge in [-0.05, 0) is 74.0 Å². The maximum atomic E-state index is 12.9. The zero-order valence-corrected chi connectivity index (χ0v) is 20.8. The minimum atomic E-state index is 0.0406. The molecule has 0 bridgehead atoms. The lowest BCUT2D eigenvalue weighted by Crippen LogP contribution is -2.41. The second kappa shape index (κ2) is 10.5. The van der Waals surface area contributed by atoms with Crippen molar-refractivity contribution >= 4 is 16.8 Å². The highest BCUT2D eigenvalue weighted by Crippen LogP contribution is 2.26. The second-order valence-corrected chi connectivity index (χ2v) is 9.90. The fourth-order valence-corrected chi connectivity index (χ4v) is 5.28. The molecule has 1 atom stereocenters. The Bertz CT molecular complexity index is 1290. The summed E-state index contributed by atoms with van der Waals surface area (Å²) in [6.07, 6.45) is 1.82. The molecule has 5 rings (SSSR count). The molecule has 1 amide bonds. The van der Waals surface area contributed by atoms with Gasteiger partial charge in [-0.2, -0.15) is 0 Å². The van der Waals surface area contributed by atoms with Gasteiger partial charge in [-0.1, -0.05) is 72.8 Å². The van der Waals surface area contributed by atoms with Crippen molar-refractivity contribution in [1.29, 1.82) is 0 Å². The molecule has 4 heteroatoms. The first-order chi connectivity index (χ1) is 17.1. The lowest BCUT2D eigenvalue weighted by atomic mass is 9.95. The molecule has 4 nitrogen and oxygen atoms in total. The Labute approximate surface area is 208 Å². The standard InChI is InChI=1S/C31H35N3O/c1-23-10-6-7-14-28(23)21-34-29(20-27-13-8-9-15-30(27)34)22-33-18-16-26(17-19-33)31(35)32-24(2)25-11-4-3-5-12-25/h3-15,20,24,26H,16-19,21-22H2,1-2H3,(H,32,35)/t24-/m0/s1. The SMILES string of the molecule is Cc1ccccc1Cn1c(CN2CCC(C(=O)N[C@@H](C)c3ccccc3)CC2)cc2ccccc21. The number of aromatic nitrogens is 1. The number of hydrogen-bond donors (Lipinski definition) is 1. The Balaban J connectivity index is 1.24. The largest absolute Gasteiger partial charge is 0.349 e. The van der Waals surface area contributed by atoms with Crippen molar-refractivity contribution in [1.82, 2.24) is 14.8 Å². The number of carbonyl (C=O) groups is 1. The summed E-state index contributed by atoms with van der Waals surface area (Å²) in [5.74, 6) is 0.282. The third-order valence-electron chi connectivity index (χ3n) is 7.49. The van der Waals surface area contributed by atoms with Gasteiger partial charge in [0, 0.05) is 30.2 Å². The van der Waals surface area contributed by atoms with Gasteiger partial charge in [0.2, 0.25) is 5.91 Å². The van der Waals surface area contributed by atoms with E-state index in [1.54, 1.807) is 0 Å². The highest BCUT2D eigenvalue weighted by molar-refractivity contribution is 5.81. The number of hydrogen-bond acceptors (Lipinski definition) is 2. The Morgan fingerprint density at radius 1 is 0.914 bits per heavy atom. The molecule has 1 aliphatic rings. The van der Waals surface area contributed by atoms with Crippen LogP contribution in [-0.2, 0) is 17.9 Å². The van der Waals surface area contributed by atoms with Crippen LogP contribution in [0.25, 0.3) is 10.9 Å². The van der Waals surface area contributed by atoms with Crippen molar-refractivity contribution in [2.45, 2.75) is 45.8 Å². The van der Waals surface area contributed by atoms with Crippen LogP contribution in [-0.4, -0.2) is 28.5 Å². The first-order valence-corrected chi connectivity index (χ1v) is 12.8. The van der Waals surface area contributed by atoms with E-state index in [0.717, 1.165) is 44.6 Å². The van der Waals surface area contributed by atoms with Crippen molar-refractivity contribution < 1.29 is 4.79 Å². The molecule has 3 aromatic carbocycles. The molecule has 4 aromatic rings. The smallest absolute Gasteiger partial charge is 0.223 e. The third kappa shape index (κ3) is 5.33. The molecule has 35 heavy (non-hydrogen) atoms. The maximum absolute atomic E-state index is 12.9. The van der Waals surface area contributed by atoms with Gasteiger partial charge in [-0.25, -0.2) is 0 Å². The van der Waals surface area contributed by atoms with Crippen molar-refractivity contribution in [2.75, 3.05) is 13.1 Å². The zero-order chi connectivity index (χ0) is 24.2. The molecule has 1 aliphatic heterocycles. The van der Waals surface area contributed by atoms with Gasteiger partial charge in [0.25, 0.3) is 0 Å². The molecule has 1 aromatic heterocycles. The average molecular weight is 466 g/mol. The van der Waals surface area contributed by atoms with Crippen molar-refractivity contribution in [2.24, 2.45) is 5.92 Å². The number of nitrogens with one attached hydrogen (secondary N) is 1. The van der Waals surface area contributed by atoms with Crippen LogP contribution in [0.4, 0.5) is 0 Å². The predicted octanol–water partition coefficient (Wildman–Crippen LogP) is 6.09. The van der Waals surface area contributed by atoms with Crippen LogP contribution in [0, 0.1) is 12.8 Å². The number of likely N-dealkylation sites (tertiary alicyclic amines) is 1. The number of aryl methyl sites for hydroxylation is 1. The highest BCUT2D eigenvalue weighted by Gasteiger charge is 2.26. The number of fused-ring (bicyclic) bond motifs is 1. The van der Waals surface area contributed by atoms with Crippen LogP contribution in [0.1, 0.15) is 48.2 Å². The van der Waals surface area contributed by atoms with Gasteiger partial charge >= 0.3 is 0 Å². The summed E-state index contributed by atoms with van der Waals surface area (Å²) in [6, 6.07) is 29.9. The van der Waals surface area contributed by atoms with Crippen LogP contribution in [0.5, 0.6) is 0 Å². The van der Waals surface area contributed by atoms with E-state index in [9.17, 15) is 4.79 Å². The summed E-state index contributed by atoms with van der Waals surface area (Å²) in [5, 5.41) is 4.52. The number of rotatable bonds is 7. The Hall–Kier alpha value is -3.37. The minimum Gasteiger partial charge on any atom is -0.349 e. The second-order valence-electron chi connectivity index (χ2n) is 9.90. The summed E-state index contributed by atoms with van der Waals surface area (Å²) in [5.41, 5.74) is 6.47. The van der Waals surface area contributed by atoms with Gasteiger partial charge in [-0.15, -0.1) is 0 Å². The van der Waals surface area contributed by atoms with Crippen LogP contribution >= 0.6 is 0 Å². The van der Waals surface area contributed by atoms with Gasteiger partial charge < -0.3 is 9.88 Å². The lowest BCUT2D eigenvalue weighted by Gasteiger charge is -2.32. The number of benzene rings is 3. The Morgan fingerprint density at radius 2 is 1.60 bits per heavy atom. The topological polar surface area (TPSA) is 37.3 Å². The fraction of sp³-hybridized carbons (Fsp3) is 0.323. The molecule has 0 unspecified atom stereocenters. The molecular formula is C31H35N3O. The van der Waals surface area contributed by atoms with Crippen molar-refractivity contribution in [3.63, 3.8) is 0 Å². The number of carbonyl (C=O) groups excluding carboxylic acids is 1. The Morgan fingerprint density at radius 3 is 2.37 bits per heavy atom. The zero-order valence-electron chi connectivity index (χ0n) is 20.8. The van der Waals surface area contributed by atoms with Gasteiger partial charge in [0.1, 0.15) is 0 Å². The molecule has 0 saturated carbocycles. The van der Waals surface area contributed by atoms with E-state index in [-0.39, 0.29) is 17.9 Å². The highest BCUT2D eigenvalue weighted by atomic mass is 16.1. The third-order valence-corrected chi connectivity index (χ3v) is 7.49. The van der Waals surface area contributed by atoms with E-state index in [2.05, 4.69) is 95.4 Å². The lowest BCUT2D eigenvalue weighted by molar-refractivity contribution is -0.127. The van der Waals surface area contributed by atoms with Crippen molar-refractivity contribution in [3.8, 4) is 0 Å². The maximum Gasteiger partial charge on any atom is 0.223 e. The molecular weight excluding hydrogens is 430 g/mol. The molecule has 2 heterocycles. The molecule has 180 valence electrons. The predicted molar refractivity (Wildman–Crippen MR) is 143 cm³/mol. The quantitative estimate of drug-likeness (QED) is 0.359. The van der Waals surface area contributed by atoms with Gasteiger partial charge in [0.15, 0.2) is 0 Å². The van der Waals surface area contributed by atoms with Gasteiger partial charge in [0.05, 0.1) is 6.04 Å². The number of piperidine rings is 1. The number of nitrogens with zero attached hydrogens (tertiary/aromatic N) is 2. The van der Waals surface area contributed by atoms with Crippen molar-refractivity contribution in [3.05, 3.63) is 107 Å². The molecule has 1 N–H and O–H groups in total. The van der Waals surface area contributed by atoms with E-state index in [1.807, 2.05) is 18.2 Å². The molecule has 1 saturated heterocycles. The Kier molecular flexibility index (Phi) is 7.01. The van der Waals surface area contributed by atoms with Crippen LogP contribution in [0.15, 0.2) is 84.9 Å². The van der Waals surface area contributed by atoms with Gasteiger partial charge in [-0.3, -0.25) is 9.69 Å². The van der Waals surface area contributed by atoms with Crippen LogP contribution < -0.4 is 5.32 Å². The fourth-order valence-electron chi connectivity index (χ4n) is 5.28. The summed E-state index contributed by atoms with van der Waals surface area (Å²) >= 11 is 0. The number of amides is 1. The van der Waals surface area contributed by atoms with E-state index in [1.165, 1.54) is 27.7 Å². The summed E-state index contributed by atoms with van der Waals surface area (Å²) < 4.78 is 2.47. The van der Waals surface area contributed by atoms with E-state index in [4.69, 9.17) is 0 Å². The van der Waals surface area contributed by atoms with E-state index >= 15 is 0 Å². The summed E-state index contributed by atoms with van der Waals surface area (Å²) in [6.45, 7) is 7.94. The average Bonchev–Trinajstić information content (AvgIpc) is 3.23. The molecule has 0 radical (unpaired) electrons. The number of para-hydroxylation sites is 1. The van der Waals surface area contributed by atoms with E-state index in [0.29, 0.717) is 0 Å². The minimum absolute atomic E-state index is 0.0406. The van der Waals surface area contributed by atoms with Crippen LogP contribution in [0.3, 0.4) is 0 Å². The first kappa shape index (κ1) is 23.4. The normalized spacial score (nSPS) is 15.8. The van der Waals surface area contributed by atoms with Crippen LogP contribution in [0.2, 0.25) is 0 Å². The molecule has 1 fully saturated rings.